The van der Waals surface area contributed by atoms with Crippen molar-refractivity contribution in [1.82, 2.24) is 0 Å². The smallest absolute Gasteiger partial charge is 0.169 e. The first-order valence-corrected chi connectivity index (χ1v) is 7.48. The number of rotatable bonds is 6. The van der Waals surface area contributed by atoms with Gasteiger partial charge < -0.3 is 4.74 Å². The normalized spacial score (nSPS) is 9.48. The van der Waals surface area contributed by atoms with Gasteiger partial charge in [-0.15, -0.1) is 0 Å². The molecule has 1 aromatic heterocycles. The second-order valence-electron chi connectivity index (χ2n) is 4.39. The highest BCUT2D eigenvalue weighted by atomic mass is 16.5. The standard InChI is InChI=1S/C16H18NO2.C2H6/c1-2-9-17-10-7-14(8-11-17)13-19-16-6-4-3-5-15(16)12-18;1-2/h3-8,10-12H,2,9,13H2,1H3;1-2H3/q+1;. The summed E-state index contributed by atoms with van der Waals surface area (Å²) in [5.41, 5.74) is 1.67. The highest BCUT2D eigenvalue weighted by molar-refractivity contribution is 5.79. The fraction of sp³-hybridized carbons (Fsp3) is 0.333. The van der Waals surface area contributed by atoms with Gasteiger partial charge in [-0.1, -0.05) is 32.9 Å². The maximum atomic E-state index is 10.9. The number of para-hydroxylation sites is 1. The maximum Gasteiger partial charge on any atom is 0.169 e. The van der Waals surface area contributed by atoms with E-state index in [1.165, 1.54) is 0 Å². The number of pyridine rings is 1. The lowest BCUT2D eigenvalue weighted by Crippen LogP contribution is -2.32. The molecule has 0 aliphatic heterocycles. The Morgan fingerprint density at radius 3 is 2.38 bits per heavy atom. The first-order valence-electron chi connectivity index (χ1n) is 7.48. The van der Waals surface area contributed by atoms with Crippen molar-refractivity contribution in [3.05, 3.63) is 59.9 Å². The Hall–Kier alpha value is -2.16. The summed E-state index contributed by atoms with van der Waals surface area (Å²) < 4.78 is 7.82. The summed E-state index contributed by atoms with van der Waals surface area (Å²) in [6.45, 7) is 7.65. The number of benzene rings is 1. The molecule has 0 radical (unpaired) electrons. The first kappa shape index (κ1) is 16.9. The zero-order valence-corrected chi connectivity index (χ0v) is 13.1. The van der Waals surface area contributed by atoms with E-state index in [4.69, 9.17) is 4.74 Å². The maximum absolute atomic E-state index is 10.9. The molecule has 0 unspecified atom stereocenters. The predicted octanol–water partition coefficient (Wildman–Crippen LogP) is 3.80. The molecule has 0 saturated carbocycles. The molecular formula is C18H24NO2+. The van der Waals surface area contributed by atoms with Crippen molar-refractivity contribution in [2.75, 3.05) is 0 Å². The first-order chi connectivity index (χ1) is 10.3. The highest BCUT2D eigenvalue weighted by Gasteiger charge is 2.03. The molecule has 0 aliphatic rings. The molecule has 0 N–H and O–H groups in total. The van der Waals surface area contributed by atoms with Gasteiger partial charge in [0.15, 0.2) is 18.7 Å². The van der Waals surface area contributed by atoms with Crippen LogP contribution < -0.4 is 9.30 Å². The van der Waals surface area contributed by atoms with Crippen LogP contribution in [0.2, 0.25) is 0 Å². The second-order valence-corrected chi connectivity index (χ2v) is 4.39. The molecule has 0 spiro atoms. The Labute approximate surface area is 127 Å². The summed E-state index contributed by atoms with van der Waals surface area (Å²) >= 11 is 0. The van der Waals surface area contributed by atoms with Crippen LogP contribution in [0.1, 0.15) is 43.1 Å². The summed E-state index contributed by atoms with van der Waals surface area (Å²) in [6, 6.07) is 11.3. The molecular weight excluding hydrogens is 262 g/mol. The van der Waals surface area contributed by atoms with Gasteiger partial charge in [0, 0.05) is 24.1 Å². The van der Waals surface area contributed by atoms with E-state index >= 15 is 0 Å². The topological polar surface area (TPSA) is 30.2 Å². The summed E-state index contributed by atoms with van der Waals surface area (Å²) in [4.78, 5) is 10.9. The number of ether oxygens (including phenoxy) is 1. The van der Waals surface area contributed by atoms with Gasteiger partial charge >= 0.3 is 0 Å². The molecule has 3 heteroatoms. The number of aromatic nitrogens is 1. The molecule has 21 heavy (non-hydrogen) atoms. The number of carbonyl (C=O) groups excluding carboxylic acids is 1. The third-order valence-electron chi connectivity index (χ3n) is 2.88. The Morgan fingerprint density at radius 1 is 1.10 bits per heavy atom. The van der Waals surface area contributed by atoms with Crippen LogP contribution >= 0.6 is 0 Å². The van der Waals surface area contributed by atoms with E-state index in [-0.39, 0.29) is 0 Å². The van der Waals surface area contributed by atoms with E-state index in [9.17, 15) is 4.79 Å². The number of hydrogen-bond donors (Lipinski definition) is 0. The fourth-order valence-electron chi connectivity index (χ4n) is 1.86. The number of nitrogens with zero attached hydrogens (tertiary/aromatic N) is 1. The minimum absolute atomic E-state index is 0.470. The monoisotopic (exact) mass is 286 g/mol. The van der Waals surface area contributed by atoms with Crippen molar-refractivity contribution in [1.29, 1.82) is 0 Å². The quantitative estimate of drug-likeness (QED) is 0.597. The van der Waals surface area contributed by atoms with E-state index in [2.05, 4.69) is 11.5 Å². The third kappa shape index (κ3) is 5.38. The average molecular weight is 286 g/mol. The largest absolute Gasteiger partial charge is 0.488 e. The van der Waals surface area contributed by atoms with Crippen LogP contribution in [0.5, 0.6) is 5.75 Å². The number of aryl methyl sites for hydroxylation is 1. The minimum Gasteiger partial charge on any atom is -0.488 e. The van der Waals surface area contributed by atoms with Crippen LogP contribution in [0.3, 0.4) is 0 Å². The summed E-state index contributed by atoms with van der Waals surface area (Å²) in [5, 5.41) is 0. The number of aldehydes is 1. The van der Waals surface area contributed by atoms with Crippen LogP contribution in [-0.2, 0) is 13.2 Å². The van der Waals surface area contributed by atoms with Gasteiger partial charge in [0.25, 0.3) is 0 Å². The van der Waals surface area contributed by atoms with Crippen LogP contribution in [-0.4, -0.2) is 6.29 Å². The fourth-order valence-corrected chi connectivity index (χ4v) is 1.86. The van der Waals surface area contributed by atoms with E-state index in [0.717, 1.165) is 24.8 Å². The SMILES string of the molecule is CC.CCC[n+]1ccc(COc2ccccc2C=O)cc1. The molecule has 2 rings (SSSR count). The highest BCUT2D eigenvalue weighted by Crippen LogP contribution is 2.17. The molecule has 0 atom stereocenters. The molecule has 1 aromatic carbocycles. The Balaban J connectivity index is 0.00000106. The Bertz CT molecular complexity index is 535. The van der Waals surface area contributed by atoms with E-state index < -0.39 is 0 Å². The van der Waals surface area contributed by atoms with Crippen molar-refractivity contribution in [2.24, 2.45) is 0 Å². The van der Waals surface area contributed by atoms with E-state index in [0.29, 0.717) is 17.9 Å². The van der Waals surface area contributed by atoms with Crippen molar-refractivity contribution in [3.8, 4) is 5.75 Å². The molecule has 0 saturated heterocycles. The van der Waals surface area contributed by atoms with Crippen molar-refractivity contribution < 1.29 is 14.1 Å². The van der Waals surface area contributed by atoms with Crippen LogP contribution in [0.15, 0.2) is 48.8 Å². The van der Waals surface area contributed by atoms with E-state index in [1.807, 2.05) is 56.6 Å². The Morgan fingerprint density at radius 2 is 1.76 bits per heavy atom. The van der Waals surface area contributed by atoms with Crippen molar-refractivity contribution in [3.63, 3.8) is 0 Å². The average Bonchev–Trinajstić information content (AvgIpc) is 2.56. The van der Waals surface area contributed by atoms with Crippen molar-refractivity contribution in [2.45, 2.75) is 40.3 Å². The molecule has 2 aromatic rings. The Kier molecular flexibility index (Phi) is 7.80. The van der Waals surface area contributed by atoms with Gasteiger partial charge in [0.2, 0.25) is 0 Å². The number of carbonyl (C=O) groups is 1. The molecule has 0 amide bonds. The van der Waals surface area contributed by atoms with E-state index in [1.54, 1.807) is 6.07 Å². The summed E-state index contributed by atoms with van der Waals surface area (Å²) in [5.74, 6) is 0.628. The van der Waals surface area contributed by atoms with Crippen LogP contribution in [0.4, 0.5) is 0 Å². The zero-order valence-electron chi connectivity index (χ0n) is 13.1. The van der Waals surface area contributed by atoms with Crippen LogP contribution in [0, 0.1) is 0 Å². The molecule has 112 valence electrons. The van der Waals surface area contributed by atoms with Crippen molar-refractivity contribution >= 4 is 6.29 Å². The molecule has 0 aliphatic carbocycles. The molecule has 1 heterocycles. The molecule has 3 nitrogen and oxygen atoms in total. The lowest BCUT2D eigenvalue weighted by atomic mass is 10.2. The zero-order chi connectivity index (χ0) is 15.5. The van der Waals surface area contributed by atoms with Gasteiger partial charge in [-0.3, -0.25) is 4.79 Å². The van der Waals surface area contributed by atoms with Gasteiger partial charge in [0.05, 0.1) is 5.56 Å². The predicted molar refractivity (Wildman–Crippen MR) is 84.4 cm³/mol. The third-order valence-corrected chi connectivity index (χ3v) is 2.88. The molecule has 0 fully saturated rings. The summed E-state index contributed by atoms with van der Waals surface area (Å²) in [6.07, 6.45) is 6.03. The lowest BCUT2D eigenvalue weighted by Gasteiger charge is -2.07. The van der Waals surface area contributed by atoms with Gasteiger partial charge in [-0.25, -0.2) is 4.57 Å². The van der Waals surface area contributed by atoms with Crippen LogP contribution in [0.25, 0.3) is 0 Å². The van der Waals surface area contributed by atoms with Gasteiger partial charge in [0.1, 0.15) is 18.9 Å². The van der Waals surface area contributed by atoms with Gasteiger partial charge in [-0.05, 0) is 12.1 Å². The number of hydrogen-bond acceptors (Lipinski definition) is 2. The molecule has 0 bridgehead atoms. The van der Waals surface area contributed by atoms with Gasteiger partial charge in [-0.2, -0.15) is 0 Å². The lowest BCUT2D eigenvalue weighted by molar-refractivity contribution is -0.697. The second kappa shape index (κ2) is 9.70. The summed E-state index contributed by atoms with van der Waals surface area (Å²) in [7, 11) is 0. The minimum atomic E-state index is 0.470.